The van der Waals surface area contributed by atoms with Crippen molar-refractivity contribution in [3.63, 3.8) is 0 Å². The highest BCUT2D eigenvalue weighted by Crippen LogP contribution is 1.99. The summed E-state index contributed by atoms with van der Waals surface area (Å²) >= 11 is 0. The molecule has 1 heterocycles. The summed E-state index contributed by atoms with van der Waals surface area (Å²) in [5.74, 6) is 0. The Hall–Kier alpha value is -1.17. The number of hydrogen-bond donors (Lipinski definition) is 1. The van der Waals surface area contributed by atoms with Gasteiger partial charge in [0.2, 0.25) is 0 Å². The minimum absolute atomic E-state index is 0.517. The van der Waals surface area contributed by atoms with Gasteiger partial charge in [-0.1, -0.05) is 0 Å². The van der Waals surface area contributed by atoms with Crippen molar-refractivity contribution in [2.75, 3.05) is 26.3 Å². The van der Waals surface area contributed by atoms with E-state index < -0.39 is 10.6 Å². The van der Waals surface area contributed by atoms with E-state index in [1.54, 1.807) is 13.8 Å². The fraction of sp³-hybridized carbons (Fsp3) is 0.875. The van der Waals surface area contributed by atoms with Crippen LogP contribution in [-0.2, 0) is 4.74 Å². The molecule has 0 unspecified atom stereocenters. The second kappa shape index (κ2) is 4.36. The lowest BCUT2D eigenvalue weighted by molar-refractivity contribution is -0.566. The van der Waals surface area contributed by atoms with Gasteiger partial charge in [0.1, 0.15) is 13.2 Å². The number of hydrogen-bond acceptors (Lipinski definition) is 3. The minimum atomic E-state index is -0.624. The van der Waals surface area contributed by atoms with Crippen molar-refractivity contribution < 1.29 is 14.3 Å². The van der Waals surface area contributed by atoms with E-state index in [1.165, 1.54) is 0 Å². The summed E-state index contributed by atoms with van der Waals surface area (Å²) in [6.45, 7) is 6.50. The molecular formula is C8H16N3O3+. The van der Waals surface area contributed by atoms with E-state index in [4.69, 9.17) is 4.74 Å². The molecule has 1 aliphatic heterocycles. The quantitative estimate of drug-likeness (QED) is 0.386. The Morgan fingerprint density at radius 3 is 2.57 bits per heavy atom. The normalized spacial score (nSPS) is 17.7. The van der Waals surface area contributed by atoms with Gasteiger partial charge in [0.25, 0.3) is 0 Å². The van der Waals surface area contributed by atoms with E-state index in [2.05, 4.69) is 5.43 Å². The van der Waals surface area contributed by atoms with Crippen molar-refractivity contribution >= 4 is 6.21 Å². The Morgan fingerprint density at radius 1 is 1.50 bits per heavy atom. The molecule has 0 spiro atoms. The van der Waals surface area contributed by atoms with Crippen molar-refractivity contribution in [1.29, 1.82) is 0 Å². The highest BCUT2D eigenvalue weighted by atomic mass is 16.7. The van der Waals surface area contributed by atoms with Crippen LogP contribution in [0, 0.1) is 10.1 Å². The molecule has 1 aliphatic rings. The van der Waals surface area contributed by atoms with Crippen molar-refractivity contribution in [3.05, 3.63) is 10.1 Å². The number of hydrazine groups is 1. The van der Waals surface area contributed by atoms with Crippen molar-refractivity contribution in [2.45, 2.75) is 19.4 Å². The zero-order chi connectivity index (χ0) is 10.6. The van der Waals surface area contributed by atoms with E-state index in [0.29, 0.717) is 13.2 Å². The van der Waals surface area contributed by atoms with Crippen LogP contribution in [-0.4, -0.2) is 47.7 Å². The fourth-order valence-corrected chi connectivity index (χ4v) is 1.43. The number of ether oxygens (including phenoxy) is 1. The van der Waals surface area contributed by atoms with E-state index in [0.717, 1.165) is 13.1 Å². The second-order valence-corrected chi connectivity index (χ2v) is 3.87. The molecule has 0 radical (unpaired) electrons. The number of nitro groups is 1. The zero-order valence-corrected chi connectivity index (χ0v) is 8.52. The first-order valence-corrected chi connectivity index (χ1v) is 4.60. The lowest BCUT2D eigenvalue weighted by Gasteiger charge is -2.17. The van der Waals surface area contributed by atoms with Gasteiger partial charge >= 0.3 is 0 Å². The lowest BCUT2D eigenvalue weighted by atomic mass is 10.1. The van der Waals surface area contributed by atoms with Crippen LogP contribution in [0.15, 0.2) is 0 Å². The summed E-state index contributed by atoms with van der Waals surface area (Å²) in [5, 5.41) is 9.77. The topological polar surface area (TPSA) is 67.4 Å². The summed E-state index contributed by atoms with van der Waals surface area (Å²) in [5.41, 5.74) is 1.63. The lowest BCUT2D eigenvalue weighted by Crippen LogP contribution is -2.48. The summed E-state index contributed by atoms with van der Waals surface area (Å²) in [6.07, 6.45) is 1.85. The molecule has 6 nitrogen and oxygen atoms in total. The standard InChI is InChI=1S/C8H16N3O3/c1-8(2,9-11(12)13)7-10-3-5-14-6-4-10/h7,9H,3-6H2,1-2H3/q+1. The first-order chi connectivity index (χ1) is 6.49. The van der Waals surface area contributed by atoms with Gasteiger partial charge < -0.3 is 4.74 Å². The van der Waals surface area contributed by atoms with Crippen molar-refractivity contribution in [1.82, 2.24) is 5.43 Å². The highest BCUT2D eigenvalue weighted by Gasteiger charge is 2.26. The summed E-state index contributed by atoms with van der Waals surface area (Å²) in [6, 6.07) is 0. The zero-order valence-electron chi connectivity index (χ0n) is 8.52. The maximum absolute atomic E-state index is 10.3. The Kier molecular flexibility index (Phi) is 3.40. The van der Waals surface area contributed by atoms with Crippen LogP contribution in [0.3, 0.4) is 0 Å². The Balaban J connectivity index is 2.58. The van der Waals surface area contributed by atoms with Gasteiger partial charge in [0, 0.05) is 0 Å². The van der Waals surface area contributed by atoms with Crippen molar-refractivity contribution in [3.8, 4) is 0 Å². The van der Waals surface area contributed by atoms with E-state index in [9.17, 15) is 10.1 Å². The number of nitrogens with zero attached hydrogens (tertiary/aromatic N) is 2. The summed E-state index contributed by atoms with van der Waals surface area (Å²) < 4.78 is 7.22. The maximum Gasteiger partial charge on any atom is 0.170 e. The van der Waals surface area contributed by atoms with Gasteiger partial charge in [-0.05, 0) is 13.8 Å². The molecule has 80 valence electrons. The molecule has 0 amide bonds. The van der Waals surface area contributed by atoms with E-state index in [1.807, 2.05) is 10.8 Å². The molecule has 1 saturated heterocycles. The summed E-state index contributed by atoms with van der Waals surface area (Å²) in [4.78, 5) is 10.3. The molecule has 0 atom stereocenters. The molecule has 6 heteroatoms. The van der Waals surface area contributed by atoms with Crippen LogP contribution in [0.25, 0.3) is 0 Å². The van der Waals surface area contributed by atoms with Crippen LogP contribution in [0.2, 0.25) is 0 Å². The SMILES string of the molecule is CC(C)(C=[N+]1CCOCC1)N[N+](=O)[O-]. The molecule has 1 rings (SSSR count). The molecule has 0 aromatic rings. The molecule has 0 saturated carbocycles. The Bertz CT molecular complexity index is 242. The average molecular weight is 202 g/mol. The molecule has 0 aliphatic carbocycles. The number of nitrogens with one attached hydrogen (secondary N) is 1. The smallest absolute Gasteiger partial charge is 0.170 e. The maximum atomic E-state index is 10.3. The molecular weight excluding hydrogens is 186 g/mol. The second-order valence-electron chi connectivity index (χ2n) is 3.87. The summed E-state index contributed by atoms with van der Waals surface area (Å²) in [7, 11) is 0. The van der Waals surface area contributed by atoms with Gasteiger partial charge in [-0.3, -0.25) is 0 Å². The van der Waals surface area contributed by atoms with Crippen LogP contribution >= 0.6 is 0 Å². The third kappa shape index (κ3) is 3.69. The first kappa shape index (κ1) is 10.9. The predicted octanol–water partition coefficient (Wildman–Crippen LogP) is -0.340. The average Bonchev–Trinajstić information content (AvgIpc) is 2.02. The molecule has 1 N–H and O–H groups in total. The minimum Gasteiger partial charge on any atom is -0.368 e. The van der Waals surface area contributed by atoms with E-state index >= 15 is 0 Å². The van der Waals surface area contributed by atoms with Crippen LogP contribution in [0.5, 0.6) is 0 Å². The monoisotopic (exact) mass is 202 g/mol. The van der Waals surface area contributed by atoms with Gasteiger partial charge in [0.05, 0.1) is 0 Å². The fourth-order valence-electron chi connectivity index (χ4n) is 1.43. The number of morpholine rings is 1. The number of rotatable bonds is 3. The predicted molar refractivity (Wildman–Crippen MR) is 51.1 cm³/mol. The Morgan fingerprint density at radius 2 is 2.07 bits per heavy atom. The van der Waals surface area contributed by atoms with E-state index in [-0.39, 0.29) is 0 Å². The van der Waals surface area contributed by atoms with Gasteiger partial charge in [-0.25, -0.2) is 14.7 Å². The largest absolute Gasteiger partial charge is 0.368 e. The van der Waals surface area contributed by atoms with Crippen LogP contribution < -0.4 is 5.43 Å². The highest BCUT2D eigenvalue weighted by molar-refractivity contribution is 5.63. The third-order valence-electron chi connectivity index (χ3n) is 1.93. The van der Waals surface area contributed by atoms with Crippen LogP contribution in [0.4, 0.5) is 0 Å². The van der Waals surface area contributed by atoms with Gasteiger partial charge in [-0.15, -0.1) is 5.43 Å². The molecule has 1 fully saturated rings. The first-order valence-electron chi connectivity index (χ1n) is 4.60. The van der Waals surface area contributed by atoms with Gasteiger partial charge in [0.15, 0.2) is 29.9 Å². The molecule has 0 aromatic heterocycles. The van der Waals surface area contributed by atoms with Crippen molar-refractivity contribution in [2.24, 2.45) is 0 Å². The van der Waals surface area contributed by atoms with Crippen LogP contribution in [0.1, 0.15) is 13.8 Å². The molecule has 0 aromatic carbocycles. The Labute approximate surface area is 82.7 Å². The van der Waals surface area contributed by atoms with Gasteiger partial charge in [-0.2, -0.15) is 0 Å². The molecule has 14 heavy (non-hydrogen) atoms. The molecule has 0 bridgehead atoms. The third-order valence-corrected chi connectivity index (χ3v) is 1.93.